The molecular weight excluding hydrogens is 464 g/mol. The van der Waals surface area contributed by atoms with Gasteiger partial charge in [0.05, 0.1) is 15.5 Å². The number of hydrogen-bond acceptors (Lipinski definition) is 6. The number of thioether (sulfide) groups is 1. The van der Waals surface area contributed by atoms with Crippen LogP contribution in [0.1, 0.15) is 11.8 Å². The smallest absolute Gasteiger partial charge is 0.311 e. The number of aryl methyl sites for hydroxylation is 1. The van der Waals surface area contributed by atoms with E-state index in [1.807, 2.05) is 0 Å². The van der Waals surface area contributed by atoms with Crippen molar-refractivity contribution in [3.05, 3.63) is 23.2 Å². The van der Waals surface area contributed by atoms with Crippen molar-refractivity contribution < 1.29 is 34.8 Å². The third-order valence-electron chi connectivity index (χ3n) is 3.81. The summed E-state index contributed by atoms with van der Waals surface area (Å²) in [6, 6.07) is 1.65. The SMILES string of the molecule is CCS(=O)(=O)c1cc(C(F)(F)F)sc1-c1nc2cc(SC(F)(F)F)cnc2n1C. The number of pyridine rings is 1. The van der Waals surface area contributed by atoms with Crippen molar-refractivity contribution >= 4 is 44.1 Å². The molecule has 0 radical (unpaired) electrons. The van der Waals surface area contributed by atoms with Crippen LogP contribution in [0.3, 0.4) is 0 Å². The maximum absolute atomic E-state index is 13.2. The van der Waals surface area contributed by atoms with Gasteiger partial charge in [-0.05, 0) is 23.9 Å². The van der Waals surface area contributed by atoms with Gasteiger partial charge in [0.1, 0.15) is 10.4 Å². The molecule has 0 aliphatic carbocycles. The molecule has 0 N–H and O–H groups in total. The van der Waals surface area contributed by atoms with Crippen molar-refractivity contribution in [2.24, 2.45) is 7.05 Å². The van der Waals surface area contributed by atoms with E-state index in [1.54, 1.807) is 0 Å². The summed E-state index contributed by atoms with van der Waals surface area (Å²) in [5.74, 6) is -0.558. The van der Waals surface area contributed by atoms with Gasteiger partial charge in [-0.1, -0.05) is 6.92 Å². The van der Waals surface area contributed by atoms with Crippen LogP contribution in [0.4, 0.5) is 26.3 Å². The number of alkyl halides is 6. The van der Waals surface area contributed by atoms with E-state index in [9.17, 15) is 34.8 Å². The van der Waals surface area contributed by atoms with Gasteiger partial charge >= 0.3 is 11.7 Å². The summed E-state index contributed by atoms with van der Waals surface area (Å²) in [5.41, 5.74) is -4.45. The minimum absolute atomic E-state index is 0.00134. The molecule has 0 spiro atoms. The number of halogens is 6. The van der Waals surface area contributed by atoms with Crippen molar-refractivity contribution in [3.63, 3.8) is 0 Å². The third-order valence-corrected chi connectivity index (χ3v) is 7.56. The predicted octanol–water partition coefficient (Wildman–Crippen LogP) is 5.12. The van der Waals surface area contributed by atoms with Crippen LogP contribution >= 0.6 is 23.1 Å². The molecule has 0 saturated carbocycles. The second-order valence-electron chi connectivity index (χ2n) is 5.76. The second-order valence-corrected chi connectivity index (χ2v) is 10.2. The Kier molecular flexibility index (Phi) is 5.41. The maximum Gasteiger partial charge on any atom is 0.446 e. The van der Waals surface area contributed by atoms with E-state index in [2.05, 4.69) is 9.97 Å². The Morgan fingerprint density at radius 1 is 1.17 bits per heavy atom. The number of nitrogens with zero attached hydrogens (tertiary/aromatic N) is 3. The van der Waals surface area contributed by atoms with Gasteiger partial charge in [0, 0.05) is 18.1 Å². The first-order chi connectivity index (χ1) is 13.2. The van der Waals surface area contributed by atoms with Crippen LogP contribution in [0.2, 0.25) is 0 Å². The van der Waals surface area contributed by atoms with Gasteiger partial charge in [0.15, 0.2) is 21.3 Å². The molecule has 3 aromatic heterocycles. The van der Waals surface area contributed by atoms with Gasteiger partial charge in [-0.15, -0.1) is 11.3 Å². The number of rotatable bonds is 4. The molecule has 0 unspecified atom stereocenters. The molecule has 0 fully saturated rings. The molecule has 3 rings (SSSR count). The number of aromatic nitrogens is 3. The summed E-state index contributed by atoms with van der Waals surface area (Å²) in [6.07, 6.45) is -3.80. The van der Waals surface area contributed by atoms with Crippen LogP contribution in [0.5, 0.6) is 0 Å². The molecule has 0 aromatic carbocycles. The lowest BCUT2D eigenvalue weighted by molar-refractivity contribution is -0.134. The summed E-state index contributed by atoms with van der Waals surface area (Å²) in [6.45, 7) is 1.29. The van der Waals surface area contributed by atoms with E-state index in [0.717, 1.165) is 12.3 Å². The van der Waals surface area contributed by atoms with Crippen molar-refractivity contribution in [2.75, 3.05) is 5.75 Å². The lowest BCUT2D eigenvalue weighted by atomic mass is 10.4. The van der Waals surface area contributed by atoms with E-state index in [4.69, 9.17) is 0 Å². The Morgan fingerprint density at radius 3 is 2.38 bits per heavy atom. The molecule has 0 bridgehead atoms. The quantitative estimate of drug-likeness (QED) is 0.387. The molecular formula is C15H11F6N3O2S3. The molecule has 3 heterocycles. The van der Waals surface area contributed by atoms with Crippen LogP contribution in [0.15, 0.2) is 28.1 Å². The van der Waals surface area contributed by atoms with E-state index in [0.29, 0.717) is 6.07 Å². The monoisotopic (exact) mass is 475 g/mol. The molecule has 0 aliphatic rings. The average molecular weight is 475 g/mol. The number of fused-ring (bicyclic) bond motifs is 1. The van der Waals surface area contributed by atoms with Crippen molar-refractivity contribution in [2.45, 2.75) is 28.4 Å². The minimum Gasteiger partial charge on any atom is -0.311 e. The zero-order chi connectivity index (χ0) is 21.8. The van der Waals surface area contributed by atoms with Gasteiger partial charge in [-0.25, -0.2) is 18.4 Å². The summed E-state index contributed by atoms with van der Waals surface area (Å²) in [7, 11) is -2.63. The highest BCUT2D eigenvalue weighted by atomic mass is 32.2. The molecule has 158 valence electrons. The largest absolute Gasteiger partial charge is 0.446 e. The van der Waals surface area contributed by atoms with Crippen LogP contribution < -0.4 is 0 Å². The van der Waals surface area contributed by atoms with Gasteiger partial charge in [0.25, 0.3) is 0 Å². The van der Waals surface area contributed by atoms with Crippen LogP contribution in [-0.2, 0) is 23.1 Å². The first-order valence-corrected chi connectivity index (χ1v) is 11.0. The summed E-state index contributed by atoms with van der Waals surface area (Å²) >= 11 is -0.204. The van der Waals surface area contributed by atoms with Crippen molar-refractivity contribution in [1.29, 1.82) is 0 Å². The van der Waals surface area contributed by atoms with Crippen molar-refractivity contribution in [3.8, 4) is 10.7 Å². The van der Waals surface area contributed by atoms with E-state index in [-0.39, 0.29) is 38.1 Å². The molecule has 0 amide bonds. The first-order valence-electron chi connectivity index (χ1n) is 7.75. The van der Waals surface area contributed by atoms with E-state index >= 15 is 0 Å². The van der Waals surface area contributed by atoms with E-state index in [1.165, 1.54) is 18.5 Å². The highest BCUT2D eigenvalue weighted by molar-refractivity contribution is 8.00. The fraction of sp³-hybridized carbons (Fsp3) is 0.333. The summed E-state index contributed by atoms with van der Waals surface area (Å²) in [5, 5.41) is 0. The maximum atomic E-state index is 13.2. The number of imidazole rings is 1. The Balaban J connectivity index is 2.22. The Morgan fingerprint density at radius 2 is 1.83 bits per heavy atom. The number of thiophene rings is 1. The van der Waals surface area contributed by atoms with Crippen LogP contribution in [0, 0.1) is 0 Å². The Bertz CT molecular complexity index is 1180. The lowest BCUT2D eigenvalue weighted by Crippen LogP contribution is -2.05. The zero-order valence-electron chi connectivity index (χ0n) is 14.6. The molecule has 29 heavy (non-hydrogen) atoms. The minimum atomic E-state index is -4.76. The number of sulfone groups is 1. The van der Waals surface area contributed by atoms with Gasteiger partial charge in [-0.2, -0.15) is 26.3 Å². The molecule has 0 saturated heterocycles. The van der Waals surface area contributed by atoms with Crippen LogP contribution in [-0.4, -0.2) is 34.2 Å². The molecule has 0 atom stereocenters. The molecule has 14 heteroatoms. The zero-order valence-corrected chi connectivity index (χ0v) is 17.0. The Hall–Kier alpha value is -1.80. The predicted molar refractivity (Wildman–Crippen MR) is 96.5 cm³/mol. The normalized spacial score (nSPS) is 13.4. The summed E-state index contributed by atoms with van der Waals surface area (Å²) < 4.78 is 103. The highest BCUT2D eigenvalue weighted by Crippen LogP contribution is 2.44. The topological polar surface area (TPSA) is 64.8 Å². The molecule has 0 aliphatic heterocycles. The fourth-order valence-electron chi connectivity index (χ4n) is 2.51. The second kappa shape index (κ2) is 7.16. The Labute approximate surface area is 168 Å². The van der Waals surface area contributed by atoms with Gasteiger partial charge in [0.2, 0.25) is 0 Å². The number of hydrogen-bond donors (Lipinski definition) is 0. The average Bonchev–Trinajstić information content (AvgIpc) is 3.15. The standard InChI is InChI=1S/C15H11F6N3O2S3/c1-3-29(25,26)9-5-10(14(16,17)18)27-11(9)13-23-8-4-7(28-15(19,20)21)6-22-12(8)24(13)2/h4-6H,3H2,1-2H3. The fourth-order valence-corrected chi connectivity index (χ4v) is 5.56. The van der Waals surface area contributed by atoms with Gasteiger partial charge in [-0.3, -0.25) is 0 Å². The van der Waals surface area contributed by atoms with Crippen molar-refractivity contribution in [1.82, 2.24) is 14.5 Å². The highest BCUT2D eigenvalue weighted by Gasteiger charge is 2.37. The molecule has 5 nitrogen and oxygen atoms in total. The molecule has 3 aromatic rings. The van der Waals surface area contributed by atoms with Gasteiger partial charge < -0.3 is 4.57 Å². The van der Waals surface area contributed by atoms with Crippen LogP contribution in [0.25, 0.3) is 21.9 Å². The first kappa shape index (κ1) is 21.9. The summed E-state index contributed by atoms with van der Waals surface area (Å²) in [4.78, 5) is 5.82. The lowest BCUT2D eigenvalue weighted by Gasteiger charge is -2.05. The third kappa shape index (κ3) is 4.38. The van der Waals surface area contributed by atoms with E-state index < -0.39 is 48.8 Å².